The topological polar surface area (TPSA) is 49.8 Å². The van der Waals surface area contributed by atoms with Crippen LogP contribution >= 0.6 is 35.4 Å². The fraction of sp³-hybridized carbons (Fsp3) is 0.0833. The third-order valence-corrected chi connectivity index (χ3v) is 2.96. The molecule has 7 heteroatoms. The van der Waals surface area contributed by atoms with Gasteiger partial charge in [-0.1, -0.05) is 29.3 Å². The molecule has 0 aromatic carbocycles. The Bertz CT molecular complexity index is 577. The Balaban J connectivity index is 1.91. The third-order valence-electron chi connectivity index (χ3n) is 2.22. The van der Waals surface area contributed by atoms with E-state index >= 15 is 0 Å². The van der Waals surface area contributed by atoms with E-state index in [1.54, 1.807) is 18.5 Å². The van der Waals surface area contributed by atoms with Crippen LogP contribution in [0, 0.1) is 0 Å². The van der Waals surface area contributed by atoms with Crippen LogP contribution in [-0.4, -0.2) is 15.1 Å². The number of nitrogens with zero attached hydrogens (tertiary/aromatic N) is 2. The van der Waals surface area contributed by atoms with Gasteiger partial charge in [0.1, 0.15) is 0 Å². The zero-order valence-corrected chi connectivity index (χ0v) is 12.1. The molecule has 0 amide bonds. The number of thiocarbonyl (C=S) groups is 1. The summed E-state index contributed by atoms with van der Waals surface area (Å²) in [5, 5.41) is 7.27. The van der Waals surface area contributed by atoms with Crippen molar-refractivity contribution in [1.29, 1.82) is 0 Å². The molecule has 0 bridgehead atoms. The highest BCUT2D eigenvalue weighted by Crippen LogP contribution is 2.22. The first-order valence-corrected chi connectivity index (χ1v) is 6.56. The van der Waals surface area contributed by atoms with E-state index in [0.29, 0.717) is 27.5 Å². The summed E-state index contributed by atoms with van der Waals surface area (Å²) in [5.74, 6) is 0.467. The van der Waals surface area contributed by atoms with Crippen molar-refractivity contribution in [3.05, 3.63) is 52.4 Å². The number of hydrogen-bond acceptors (Lipinski definition) is 3. The monoisotopic (exact) mass is 312 g/mol. The highest BCUT2D eigenvalue weighted by Gasteiger charge is 2.04. The van der Waals surface area contributed by atoms with Crippen molar-refractivity contribution in [1.82, 2.24) is 15.3 Å². The predicted molar refractivity (Wildman–Crippen MR) is 81.6 cm³/mol. The molecule has 0 aliphatic heterocycles. The summed E-state index contributed by atoms with van der Waals surface area (Å²) in [6, 6.07) is 5.42. The van der Waals surface area contributed by atoms with E-state index in [4.69, 9.17) is 35.4 Å². The van der Waals surface area contributed by atoms with Gasteiger partial charge in [-0.3, -0.25) is 4.98 Å². The third kappa shape index (κ3) is 4.31. The SMILES string of the molecule is S=C(NCc1cccnc1)Nc1ncc(Cl)cc1Cl. The van der Waals surface area contributed by atoms with Gasteiger partial charge in [0.15, 0.2) is 10.9 Å². The molecule has 19 heavy (non-hydrogen) atoms. The van der Waals surface area contributed by atoms with E-state index < -0.39 is 0 Å². The maximum absolute atomic E-state index is 5.98. The van der Waals surface area contributed by atoms with Crippen molar-refractivity contribution >= 4 is 46.4 Å². The van der Waals surface area contributed by atoms with Crippen LogP contribution in [-0.2, 0) is 6.54 Å². The van der Waals surface area contributed by atoms with Crippen LogP contribution in [0.3, 0.4) is 0 Å². The molecule has 2 N–H and O–H groups in total. The van der Waals surface area contributed by atoms with Gasteiger partial charge in [-0.25, -0.2) is 4.98 Å². The molecule has 0 fully saturated rings. The molecule has 0 atom stereocenters. The maximum Gasteiger partial charge on any atom is 0.172 e. The molecule has 0 radical (unpaired) electrons. The predicted octanol–water partition coefficient (Wildman–Crippen LogP) is 3.27. The van der Waals surface area contributed by atoms with E-state index in [9.17, 15) is 0 Å². The number of pyridine rings is 2. The Labute approximate surface area is 126 Å². The zero-order chi connectivity index (χ0) is 13.7. The van der Waals surface area contributed by atoms with E-state index in [2.05, 4.69) is 20.6 Å². The molecule has 0 saturated carbocycles. The lowest BCUT2D eigenvalue weighted by atomic mass is 10.3. The van der Waals surface area contributed by atoms with Gasteiger partial charge in [0, 0.05) is 25.1 Å². The van der Waals surface area contributed by atoms with Gasteiger partial charge in [0.2, 0.25) is 0 Å². The van der Waals surface area contributed by atoms with Gasteiger partial charge >= 0.3 is 0 Å². The van der Waals surface area contributed by atoms with E-state index in [-0.39, 0.29) is 0 Å². The smallest absolute Gasteiger partial charge is 0.172 e. The van der Waals surface area contributed by atoms with Crippen LogP contribution in [0.4, 0.5) is 5.82 Å². The van der Waals surface area contributed by atoms with Gasteiger partial charge in [-0.2, -0.15) is 0 Å². The molecule has 0 saturated heterocycles. The minimum Gasteiger partial charge on any atom is -0.358 e. The fourth-order valence-corrected chi connectivity index (χ4v) is 1.94. The van der Waals surface area contributed by atoms with E-state index in [1.807, 2.05) is 12.1 Å². The van der Waals surface area contributed by atoms with Crippen LogP contribution < -0.4 is 10.6 Å². The second kappa shape index (κ2) is 6.65. The molecular formula is C12H10Cl2N4S. The Morgan fingerprint density at radius 1 is 1.32 bits per heavy atom. The summed E-state index contributed by atoms with van der Waals surface area (Å²) >= 11 is 16.9. The summed E-state index contributed by atoms with van der Waals surface area (Å²) in [4.78, 5) is 8.08. The summed E-state index contributed by atoms with van der Waals surface area (Å²) in [6.07, 6.45) is 4.99. The van der Waals surface area contributed by atoms with Gasteiger partial charge in [-0.15, -0.1) is 0 Å². The average molecular weight is 313 g/mol. The van der Waals surface area contributed by atoms with Crippen molar-refractivity contribution in [3.8, 4) is 0 Å². The van der Waals surface area contributed by atoms with Crippen LogP contribution in [0.1, 0.15) is 5.56 Å². The van der Waals surface area contributed by atoms with Crippen LogP contribution in [0.2, 0.25) is 10.0 Å². The molecule has 2 aromatic heterocycles. The van der Waals surface area contributed by atoms with Gasteiger partial charge in [0.25, 0.3) is 0 Å². The Morgan fingerprint density at radius 2 is 2.16 bits per heavy atom. The fourth-order valence-electron chi connectivity index (χ4n) is 1.34. The van der Waals surface area contributed by atoms with Crippen LogP contribution in [0.15, 0.2) is 36.8 Å². The summed E-state index contributed by atoms with van der Waals surface area (Å²) in [7, 11) is 0. The molecule has 98 valence electrons. The normalized spacial score (nSPS) is 10.0. The highest BCUT2D eigenvalue weighted by molar-refractivity contribution is 7.80. The van der Waals surface area contributed by atoms with E-state index in [0.717, 1.165) is 5.56 Å². The first-order chi connectivity index (χ1) is 9.15. The Kier molecular flexibility index (Phi) is 4.90. The number of halogens is 2. The second-order valence-electron chi connectivity index (χ2n) is 3.65. The molecule has 0 aliphatic rings. The zero-order valence-electron chi connectivity index (χ0n) is 9.73. The van der Waals surface area contributed by atoms with Crippen molar-refractivity contribution in [2.75, 3.05) is 5.32 Å². The van der Waals surface area contributed by atoms with Gasteiger partial charge < -0.3 is 10.6 Å². The number of anilines is 1. The van der Waals surface area contributed by atoms with Crippen LogP contribution in [0.25, 0.3) is 0 Å². The second-order valence-corrected chi connectivity index (χ2v) is 4.90. The van der Waals surface area contributed by atoms with Crippen molar-refractivity contribution in [2.45, 2.75) is 6.54 Å². The quantitative estimate of drug-likeness (QED) is 0.852. The number of hydrogen-bond donors (Lipinski definition) is 2. The average Bonchev–Trinajstić information content (AvgIpc) is 2.41. The minimum atomic E-state index is 0.415. The molecule has 2 rings (SSSR count). The Morgan fingerprint density at radius 3 is 2.84 bits per heavy atom. The van der Waals surface area contributed by atoms with Gasteiger partial charge in [0.05, 0.1) is 10.0 Å². The standard InChI is InChI=1S/C12H10Cl2N4S/c13-9-4-10(14)11(16-7-9)18-12(19)17-6-8-2-1-3-15-5-8/h1-5,7H,6H2,(H2,16,17,18,19). The van der Waals surface area contributed by atoms with Crippen LogP contribution in [0.5, 0.6) is 0 Å². The lowest BCUT2D eigenvalue weighted by molar-refractivity contribution is 0.916. The summed E-state index contributed by atoms with van der Waals surface area (Å²) < 4.78 is 0. The molecular weight excluding hydrogens is 303 g/mol. The molecule has 0 unspecified atom stereocenters. The lowest BCUT2D eigenvalue weighted by Gasteiger charge is -2.10. The molecule has 4 nitrogen and oxygen atoms in total. The highest BCUT2D eigenvalue weighted by atomic mass is 35.5. The number of rotatable bonds is 3. The summed E-state index contributed by atoms with van der Waals surface area (Å²) in [6.45, 7) is 0.574. The van der Waals surface area contributed by atoms with Crippen molar-refractivity contribution in [2.24, 2.45) is 0 Å². The largest absolute Gasteiger partial charge is 0.358 e. The molecule has 0 aliphatic carbocycles. The first-order valence-electron chi connectivity index (χ1n) is 5.40. The molecule has 2 heterocycles. The summed E-state index contributed by atoms with van der Waals surface area (Å²) in [5.41, 5.74) is 1.03. The molecule has 2 aromatic rings. The first kappa shape index (κ1) is 14.0. The lowest BCUT2D eigenvalue weighted by Crippen LogP contribution is -2.28. The Hall–Kier alpha value is -1.43. The van der Waals surface area contributed by atoms with Crippen molar-refractivity contribution in [3.63, 3.8) is 0 Å². The number of aromatic nitrogens is 2. The number of nitrogens with one attached hydrogen (secondary N) is 2. The maximum atomic E-state index is 5.98. The molecule has 0 spiro atoms. The minimum absolute atomic E-state index is 0.415. The van der Waals surface area contributed by atoms with E-state index in [1.165, 1.54) is 6.20 Å². The van der Waals surface area contributed by atoms with Crippen molar-refractivity contribution < 1.29 is 0 Å². The van der Waals surface area contributed by atoms with Gasteiger partial charge in [-0.05, 0) is 29.9 Å².